The molecule has 0 spiro atoms. The van der Waals surface area contributed by atoms with E-state index < -0.39 is 17.9 Å². The zero-order chi connectivity index (χ0) is 18.2. The van der Waals surface area contributed by atoms with Gasteiger partial charge in [0.2, 0.25) is 0 Å². The topological polar surface area (TPSA) is 76.7 Å². The van der Waals surface area contributed by atoms with E-state index in [1.807, 2.05) is 25.1 Å². The lowest BCUT2D eigenvalue weighted by Crippen LogP contribution is -2.46. The zero-order valence-electron chi connectivity index (χ0n) is 13.9. The highest BCUT2D eigenvalue weighted by atomic mass is 79.9. The molecule has 0 fully saturated rings. The van der Waals surface area contributed by atoms with Crippen LogP contribution in [0.2, 0.25) is 0 Å². The van der Waals surface area contributed by atoms with Gasteiger partial charge < -0.3 is 9.47 Å². The summed E-state index contributed by atoms with van der Waals surface area (Å²) in [4.78, 5) is 24.0. The van der Waals surface area contributed by atoms with E-state index in [4.69, 9.17) is 9.47 Å². The van der Waals surface area contributed by atoms with Crippen LogP contribution in [0.1, 0.15) is 17.2 Å². The van der Waals surface area contributed by atoms with E-state index in [0.717, 1.165) is 10.0 Å². The fourth-order valence-corrected chi connectivity index (χ4v) is 2.73. The van der Waals surface area contributed by atoms with Crippen molar-refractivity contribution in [2.24, 2.45) is 0 Å². The SMILES string of the molecule is COC(C(=O)NNC(=O)COc1ccc(C)cc1Br)c1ccccc1. The molecular weight excluding hydrogens is 388 g/mol. The van der Waals surface area contributed by atoms with E-state index in [9.17, 15) is 9.59 Å². The number of nitrogens with one attached hydrogen (secondary N) is 2. The molecule has 1 atom stereocenters. The molecule has 1 unspecified atom stereocenters. The summed E-state index contributed by atoms with van der Waals surface area (Å²) in [6, 6.07) is 14.5. The van der Waals surface area contributed by atoms with Crippen LogP contribution in [0.3, 0.4) is 0 Å². The van der Waals surface area contributed by atoms with Crippen molar-refractivity contribution in [2.45, 2.75) is 13.0 Å². The second-order valence-electron chi connectivity index (χ2n) is 5.29. The third-order valence-electron chi connectivity index (χ3n) is 3.35. The number of ether oxygens (including phenoxy) is 2. The molecular formula is C18H19BrN2O4. The van der Waals surface area contributed by atoms with Crippen LogP contribution in [-0.4, -0.2) is 25.5 Å². The van der Waals surface area contributed by atoms with E-state index in [2.05, 4.69) is 26.8 Å². The molecule has 0 saturated carbocycles. The molecule has 2 amide bonds. The predicted octanol–water partition coefficient (Wildman–Crippen LogP) is 2.67. The number of hydrogen-bond donors (Lipinski definition) is 2. The number of halogens is 1. The minimum atomic E-state index is -0.811. The molecule has 25 heavy (non-hydrogen) atoms. The van der Waals surface area contributed by atoms with Crippen molar-refractivity contribution in [1.82, 2.24) is 10.9 Å². The largest absolute Gasteiger partial charge is 0.483 e. The number of hydrazine groups is 1. The van der Waals surface area contributed by atoms with Gasteiger partial charge in [-0.15, -0.1) is 0 Å². The maximum absolute atomic E-state index is 12.1. The summed E-state index contributed by atoms with van der Waals surface area (Å²) >= 11 is 3.37. The third-order valence-corrected chi connectivity index (χ3v) is 3.97. The van der Waals surface area contributed by atoms with Gasteiger partial charge in [0.1, 0.15) is 5.75 Å². The Hall–Kier alpha value is -2.38. The second kappa shape index (κ2) is 9.19. The van der Waals surface area contributed by atoms with E-state index in [1.54, 1.807) is 30.3 Å². The van der Waals surface area contributed by atoms with Gasteiger partial charge in [-0.2, -0.15) is 0 Å². The molecule has 2 N–H and O–H groups in total. The van der Waals surface area contributed by atoms with Gasteiger partial charge in [0.25, 0.3) is 11.8 Å². The Kier molecular flexibility index (Phi) is 6.97. The zero-order valence-corrected chi connectivity index (χ0v) is 15.5. The number of hydrogen-bond acceptors (Lipinski definition) is 4. The van der Waals surface area contributed by atoms with Crippen molar-refractivity contribution in [2.75, 3.05) is 13.7 Å². The molecule has 0 saturated heterocycles. The molecule has 0 aliphatic rings. The summed E-state index contributed by atoms with van der Waals surface area (Å²) in [7, 11) is 1.43. The monoisotopic (exact) mass is 406 g/mol. The van der Waals surface area contributed by atoms with Gasteiger partial charge in [-0.1, -0.05) is 36.4 Å². The number of aryl methyl sites for hydroxylation is 1. The minimum absolute atomic E-state index is 0.231. The molecule has 2 aromatic carbocycles. The van der Waals surface area contributed by atoms with Gasteiger partial charge in [0.05, 0.1) is 4.47 Å². The lowest BCUT2D eigenvalue weighted by molar-refractivity contribution is -0.136. The number of methoxy groups -OCH3 is 1. The minimum Gasteiger partial charge on any atom is -0.483 e. The summed E-state index contributed by atoms with van der Waals surface area (Å²) in [6.45, 7) is 1.72. The van der Waals surface area contributed by atoms with Crippen LogP contribution < -0.4 is 15.6 Å². The number of carbonyl (C=O) groups is 2. The molecule has 132 valence electrons. The summed E-state index contributed by atoms with van der Waals surface area (Å²) in [5, 5.41) is 0. The highest BCUT2D eigenvalue weighted by Crippen LogP contribution is 2.25. The Morgan fingerprint density at radius 2 is 1.84 bits per heavy atom. The maximum Gasteiger partial charge on any atom is 0.276 e. The van der Waals surface area contributed by atoms with Crippen LogP contribution in [-0.2, 0) is 14.3 Å². The van der Waals surface area contributed by atoms with E-state index >= 15 is 0 Å². The van der Waals surface area contributed by atoms with Crippen LogP contribution in [0.25, 0.3) is 0 Å². The van der Waals surface area contributed by atoms with Crippen molar-refractivity contribution in [1.29, 1.82) is 0 Å². The van der Waals surface area contributed by atoms with Gasteiger partial charge >= 0.3 is 0 Å². The van der Waals surface area contributed by atoms with Crippen molar-refractivity contribution in [3.8, 4) is 5.75 Å². The normalized spacial score (nSPS) is 11.5. The van der Waals surface area contributed by atoms with Crippen molar-refractivity contribution >= 4 is 27.7 Å². The van der Waals surface area contributed by atoms with Gasteiger partial charge in [-0.05, 0) is 46.1 Å². The standard InChI is InChI=1S/C18H19BrN2O4/c1-12-8-9-15(14(19)10-12)25-11-16(22)20-21-18(23)17(24-2)13-6-4-3-5-7-13/h3-10,17H,11H2,1-2H3,(H,20,22)(H,21,23). The number of amides is 2. The Balaban J connectivity index is 1.83. The molecule has 2 aromatic rings. The Morgan fingerprint density at radius 1 is 1.12 bits per heavy atom. The first-order valence-corrected chi connectivity index (χ1v) is 8.36. The average molecular weight is 407 g/mol. The summed E-state index contributed by atoms with van der Waals surface area (Å²) in [5.74, 6) is -0.409. The van der Waals surface area contributed by atoms with Crippen LogP contribution in [0, 0.1) is 6.92 Å². The Morgan fingerprint density at radius 3 is 2.48 bits per heavy atom. The van der Waals surface area contributed by atoms with E-state index in [-0.39, 0.29) is 6.61 Å². The maximum atomic E-state index is 12.1. The summed E-state index contributed by atoms with van der Waals surface area (Å²) in [5.41, 5.74) is 6.41. The van der Waals surface area contributed by atoms with Crippen LogP contribution in [0.5, 0.6) is 5.75 Å². The van der Waals surface area contributed by atoms with Crippen molar-refractivity contribution in [3.63, 3.8) is 0 Å². The first-order valence-electron chi connectivity index (χ1n) is 7.56. The molecule has 0 heterocycles. The van der Waals surface area contributed by atoms with Crippen molar-refractivity contribution < 1.29 is 19.1 Å². The van der Waals surface area contributed by atoms with Crippen LogP contribution >= 0.6 is 15.9 Å². The summed E-state index contributed by atoms with van der Waals surface area (Å²) in [6.07, 6.45) is -0.811. The molecule has 0 aliphatic heterocycles. The summed E-state index contributed by atoms with van der Waals surface area (Å²) < 4.78 is 11.4. The third kappa shape index (κ3) is 5.58. The van der Waals surface area contributed by atoms with Crippen molar-refractivity contribution in [3.05, 3.63) is 64.1 Å². The average Bonchev–Trinajstić information content (AvgIpc) is 2.61. The van der Waals surface area contributed by atoms with Gasteiger partial charge in [-0.25, -0.2) is 0 Å². The quantitative estimate of drug-likeness (QED) is 0.722. The highest BCUT2D eigenvalue weighted by Gasteiger charge is 2.20. The molecule has 0 aromatic heterocycles. The fraction of sp³-hybridized carbons (Fsp3) is 0.222. The molecule has 7 heteroatoms. The molecule has 0 radical (unpaired) electrons. The number of rotatable bonds is 6. The van der Waals surface area contributed by atoms with E-state index in [0.29, 0.717) is 11.3 Å². The van der Waals surface area contributed by atoms with Gasteiger partial charge in [0, 0.05) is 7.11 Å². The number of benzene rings is 2. The second-order valence-corrected chi connectivity index (χ2v) is 6.14. The van der Waals surface area contributed by atoms with E-state index in [1.165, 1.54) is 7.11 Å². The lowest BCUT2D eigenvalue weighted by Gasteiger charge is -2.16. The van der Waals surface area contributed by atoms with Crippen LogP contribution in [0.4, 0.5) is 0 Å². The molecule has 2 rings (SSSR count). The lowest BCUT2D eigenvalue weighted by atomic mass is 10.1. The number of carbonyl (C=O) groups excluding carboxylic acids is 2. The predicted molar refractivity (Wildman–Crippen MR) is 96.9 cm³/mol. The fourth-order valence-electron chi connectivity index (χ4n) is 2.12. The first-order chi connectivity index (χ1) is 12.0. The van der Waals surface area contributed by atoms with Crippen LogP contribution in [0.15, 0.2) is 53.0 Å². The first kappa shape index (κ1) is 19.0. The molecule has 0 bridgehead atoms. The smallest absolute Gasteiger partial charge is 0.276 e. The Labute approximate surface area is 154 Å². The van der Waals surface area contributed by atoms with Gasteiger partial charge in [0.15, 0.2) is 12.7 Å². The molecule has 6 nitrogen and oxygen atoms in total. The molecule has 0 aliphatic carbocycles. The Bertz CT molecular complexity index is 737. The highest BCUT2D eigenvalue weighted by molar-refractivity contribution is 9.10. The van der Waals surface area contributed by atoms with Gasteiger partial charge in [-0.3, -0.25) is 20.4 Å².